The van der Waals surface area contributed by atoms with Crippen LogP contribution in [0.1, 0.15) is 12.0 Å². The first kappa shape index (κ1) is 12.4. The van der Waals surface area contributed by atoms with Crippen molar-refractivity contribution in [2.24, 2.45) is 0 Å². The molecule has 1 aromatic carbocycles. The van der Waals surface area contributed by atoms with Gasteiger partial charge in [-0.25, -0.2) is 0 Å². The van der Waals surface area contributed by atoms with E-state index in [9.17, 15) is 0 Å². The van der Waals surface area contributed by atoms with Crippen molar-refractivity contribution in [3.05, 3.63) is 28.2 Å². The molecular weight excluding hydrogens is 336 g/mol. The number of benzene rings is 1. The summed E-state index contributed by atoms with van der Waals surface area (Å²) >= 11 is 7.06. The lowest BCUT2D eigenvalue weighted by Crippen LogP contribution is -2.51. The average molecular weight is 350 g/mol. The summed E-state index contributed by atoms with van der Waals surface area (Å²) in [5.74, 6) is 0.886. The molecule has 0 spiro atoms. The van der Waals surface area contributed by atoms with E-state index in [0.29, 0.717) is 4.83 Å². The van der Waals surface area contributed by atoms with Crippen molar-refractivity contribution in [3.63, 3.8) is 0 Å². The van der Waals surface area contributed by atoms with E-state index < -0.39 is 0 Å². The zero-order chi connectivity index (χ0) is 11.7. The Labute approximate surface area is 113 Å². The molecule has 1 fully saturated rings. The van der Waals surface area contributed by atoms with Crippen LogP contribution in [0, 0.1) is 6.92 Å². The maximum Gasteiger partial charge on any atom is 0.134 e. The summed E-state index contributed by atoms with van der Waals surface area (Å²) in [6.45, 7) is 2.06. The van der Waals surface area contributed by atoms with Gasteiger partial charge in [0.25, 0.3) is 0 Å². The van der Waals surface area contributed by atoms with Crippen molar-refractivity contribution in [1.29, 1.82) is 0 Å². The van der Waals surface area contributed by atoms with Gasteiger partial charge in [0.1, 0.15) is 18.0 Å². The van der Waals surface area contributed by atoms with E-state index in [1.54, 1.807) is 7.11 Å². The van der Waals surface area contributed by atoms with Crippen molar-refractivity contribution < 1.29 is 9.47 Å². The molecule has 0 bridgehead atoms. The second-order valence-electron chi connectivity index (χ2n) is 4.04. The van der Waals surface area contributed by atoms with E-state index in [1.165, 1.54) is 5.56 Å². The van der Waals surface area contributed by atoms with Gasteiger partial charge < -0.3 is 9.47 Å². The largest absolute Gasteiger partial charge is 0.486 e. The number of methoxy groups -OCH3 is 1. The highest BCUT2D eigenvalue weighted by atomic mass is 79.9. The van der Waals surface area contributed by atoms with Gasteiger partial charge in [-0.1, -0.05) is 22.0 Å². The first-order valence-electron chi connectivity index (χ1n) is 5.21. The van der Waals surface area contributed by atoms with Gasteiger partial charge in [0.15, 0.2) is 0 Å². The van der Waals surface area contributed by atoms with E-state index >= 15 is 0 Å². The summed E-state index contributed by atoms with van der Waals surface area (Å²) in [5, 5.41) is 0. The minimum atomic E-state index is 0.146. The van der Waals surface area contributed by atoms with Crippen molar-refractivity contribution >= 4 is 31.9 Å². The minimum absolute atomic E-state index is 0.146. The molecule has 0 aromatic heterocycles. The van der Waals surface area contributed by atoms with Crippen LogP contribution in [0.3, 0.4) is 0 Å². The molecular formula is C12H14Br2O2. The normalized spacial score (nSPS) is 28.6. The maximum atomic E-state index is 5.91. The molecule has 3 atom stereocenters. The molecule has 1 aliphatic rings. The fourth-order valence-electron chi connectivity index (χ4n) is 1.81. The predicted molar refractivity (Wildman–Crippen MR) is 71.4 cm³/mol. The van der Waals surface area contributed by atoms with Crippen LogP contribution in [0.2, 0.25) is 0 Å². The van der Waals surface area contributed by atoms with E-state index in [-0.39, 0.29) is 12.2 Å². The summed E-state index contributed by atoms with van der Waals surface area (Å²) in [5.41, 5.74) is 1.22. The predicted octanol–water partition coefficient (Wildman–Crippen LogP) is 3.69. The number of rotatable bonds is 3. The Morgan fingerprint density at radius 3 is 2.69 bits per heavy atom. The fourth-order valence-corrected chi connectivity index (χ4v) is 3.32. The van der Waals surface area contributed by atoms with E-state index in [2.05, 4.69) is 44.8 Å². The van der Waals surface area contributed by atoms with Gasteiger partial charge in [0.05, 0.1) is 4.47 Å². The molecule has 0 aliphatic heterocycles. The fraction of sp³-hybridized carbons (Fsp3) is 0.500. The molecule has 2 rings (SSSR count). The van der Waals surface area contributed by atoms with Crippen LogP contribution < -0.4 is 4.74 Å². The lowest BCUT2D eigenvalue weighted by atomic mass is 9.91. The highest BCUT2D eigenvalue weighted by molar-refractivity contribution is 9.10. The smallest absolute Gasteiger partial charge is 0.134 e. The molecule has 1 aliphatic carbocycles. The molecule has 0 radical (unpaired) electrons. The third-order valence-electron chi connectivity index (χ3n) is 2.82. The Hall–Kier alpha value is -0.0600. The molecule has 2 nitrogen and oxygen atoms in total. The standard InChI is InChI=1S/C12H14Br2O2/c1-7-3-4-10(8(13)5-7)16-11-6-9(14)12(11)15-2/h3-5,9,11-12H,6H2,1-2H3. The van der Waals surface area contributed by atoms with Gasteiger partial charge in [-0.05, 0) is 40.5 Å². The summed E-state index contributed by atoms with van der Waals surface area (Å²) in [4.78, 5) is 0.409. The highest BCUT2D eigenvalue weighted by Gasteiger charge is 2.41. The number of hydrogen-bond donors (Lipinski definition) is 0. The number of aryl methyl sites for hydroxylation is 1. The molecule has 0 amide bonds. The van der Waals surface area contributed by atoms with Crippen molar-refractivity contribution in [2.75, 3.05) is 7.11 Å². The molecule has 1 aromatic rings. The van der Waals surface area contributed by atoms with Gasteiger partial charge in [-0.15, -0.1) is 0 Å². The number of alkyl halides is 1. The van der Waals surface area contributed by atoms with Crippen LogP contribution in [0.4, 0.5) is 0 Å². The van der Waals surface area contributed by atoms with Gasteiger partial charge in [0, 0.05) is 18.4 Å². The lowest BCUT2D eigenvalue weighted by molar-refractivity contribution is -0.0547. The lowest BCUT2D eigenvalue weighted by Gasteiger charge is -2.40. The van der Waals surface area contributed by atoms with Gasteiger partial charge in [-0.3, -0.25) is 0 Å². The summed E-state index contributed by atoms with van der Waals surface area (Å²) in [6, 6.07) is 6.10. The first-order valence-corrected chi connectivity index (χ1v) is 6.92. The first-order chi connectivity index (χ1) is 7.61. The Bertz CT molecular complexity index is 381. The molecule has 88 valence electrons. The van der Waals surface area contributed by atoms with Crippen LogP contribution in [0.25, 0.3) is 0 Å². The third kappa shape index (κ3) is 2.44. The Kier molecular flexibility index (Phi) is 3.93. The van der Waals surface area contributed by atoms with Gasteiger partial charge in [-0.2, -0.15) is 0 Å². The molecule has 3 unspecified atom stereocenters. The maximum absolute atomic E-state index is 5.91. The van der Waals surface area contributed by atoms with E-state index in [4.69, 9.17) is 9.47 Å². The summed E-state index contributed by atoms with van der Waals surface area (Å²) in [7, 11) is 1.72. The summed E-state index contributed by atoms with van der Waals surface area (Å²) in [6.07, 6.45) is 1.28. The zero-order valence-electron chi connectivity index (χ0n) is 9.24. The summed E-state index contributed by atoms with van der Waals surface area (Å²) < 4.78 is 12.3. The van der Waals surface area contributed by atoms with Gasteiger partial charge in [0.2, 0.25) is 0 Å². The molecule has 1 saturated carbocycles. The van der Waals surface area contributed by atoms with Crippen LogP contribution in [0.5, 0.6) is 5.75 Å². The monoisotopic (exact) mass is 348 g/mol. The highest BCUT2D eigenvalue weighted by Crippen LogP contribution is 2.36. The SMILES string of the molecule is COC1C(Br)CC1Oc1ccc(C)cc1Br. The molecule has 4 heteroatoms. The van der Waals surface area contributed by atoms with Gasteiger partial charge >= 0.3 is 0 Å². The Morgan fingerprint density at radius 2 is 2.12 bits per heavy atom. The molecule has 0 N–H and O–H groups in total. The van der Waals surface area contributed by atoms with Crippen LogP contribution in [-0.4, -0.2) is 24.1 Å². The van der Waals surface area contributed by atoms with Crippen molar-refractivity contribution in [3.8, 4) is 5.75 Å². The average Bonchev–Trinajstić information content (AvgIpc) is 2.21. The van der Waals surface area contributed by atoms with Crippen LogP contribution in [0.15, 0.2) is 22.7 Å². The molecule has 0 heterocycles. The van der Waals surface area contributed by atoms with Crippen LogP contribution >= 0.6 is 31.9 Å². The number of hydrogen-bond acceptors (Lipinski definition) is 2. The molecule has 16 heavy (non-hydrogen) atoms. The van der Waals surface area contributed by atoms with E-state index in [1.807, 2.05) is 12.1 Å². The van der Waals surface area contributed by atoms with Crippen molar-refractivity contribution in [1.82, 2.24) is 0 Å². The third-order valence-corrected chi connectivity index (χ3v) is 4.33. The van der Waals surface area contributed by atoms with Crippen LogP contribution in [-0.2, 0) is 4.74 Å². The Balaban J connectivity index is 2.04. The second kappa shape index (κ2) is 5.07. The molecule has 0 saturated heterocycles. The topological polar surface area (TPSA) is 18.5 Å². The number of ether oxygens (including phenoxy) is 2. The minimum Gasteiger partial charge on any atom is -0.486 e. The van der Waals surface area contributed by atoms with Crippen molar-refractivity contribution in [2.45, 2.75) is 30.4 Å². The van der Waals surface area contributed by atoms with E-state index in [0.717, 1.165) is 16.6 Å². The second-order valence-corrected chi connectivity index (χ2v) is 6.07. The quantitative estimate of drug-likeness (QED) is 0.775. The Morgan fingerprint density at radius 1 is 1.38 bits per heavy atom. The zero-order valence-corrected chi connectivity index (χ0v) is 12.4. The number of halogens is 2.